The van der Waals surface area contributed by atoms with E-state index in [0.717, 1.165) is 0 Å². The lowest BCUT2D eigenvalue weighted by Crippen LogP contribution is -2.71. The maximum Gasteiger partial charge on any atom is 0.177 e. The lowest BCUT2D eigenvalue weighted by atomic mass is 10.1. The number of hydrogen-bond acceptors (Lipinski definition) is 6. The number of rotatable bonds is 10. The average Bonchev–Trinajstić information content (AvgIpc) is 3.20. The molecule has 0 aliphatic heterocycles. The molecule has 1 unspecified atom stereocenters. The van der Waals surface area contributed by atoms with Gasteiger partial charge in [-0.1, -0.05) is 23.3 Å². The van der Waals surface area contributed by atoms with Crippen LogP contribution in [0.5, 0.6) is 0 Å². The van der Waals surface area contributed by atoms with Gasteiger partial charge in [0.05, 0.1) is 0 Å². The quantitative estimate of drug-likeness (QED) is 0.183. The van der Waals surface area contributed by atoms with Gasteiger partial charge in [-0.15, -0.1) is 0 Å². The Kier molecular flexibility index (Phi) is 10.7. The van der Waals surface area contributed by atoms with Gasteiger partial charge in [-0.05, 0) is 122 Å². The summed E-state index contributed by atoms with van der Waals surface area (Å²) in [5, 5.41) is 6.02. The molecule has 266 valence electrons. The molecule has 0 saturated carbocycles. The summed E-state index contributed by atoms with van der Waals surface area (Å²) in [7, 11) is 23.1. The third-order valence-electron chi connectivity index (χ3n) is 11.3. The molecule has 0 radical (unpaired) electrons. The number of allylic oxidation sites excluding steroid dienone is 4. The van der Waals surface area contributed by atoms with Crippen LogP contribution in [-0.2, 0) is 0 Å². The average molecular weight is 681 g/mol. The highest BCUT2D eigenvalue weighted by atomic mass is 28.3. The summed E-state index contributed by atoms with van der Waals surface area (Å²) >= 11 is 0. The topological polar surface area (TPSA) is 19.4 Å². The Morgan fingerprint density at radius 3 is 0.898 bits per heavy atom. The first-order valence-corrected chi connectivity index (χ1v) is 19.6. The SMILES string of the molecule is CC1=C(C)C(C)C([Si](c2cc(N(C)C)cc(N(C)C)c2C)(c2cc(N(C)C)cc(N(C)C)c2C)c2cc(N(C)C)cc(N(C)C)c2C)=C1C. The first kappa shape index (κ1) is 38.0. The van der Waals surface area contributed by atoms with Gasteiger partial charge in [-0.2, -0.15) is 0 Å². The lowest BCUT2D eigenvalue weighted by Gasteiger charge is -2.44. The molecule has 1 atom stereocenters. The molecule has 1 aliphatic carbocycles. The fraction of sp³-hybridized carbons (Fsp3) is 0.476. The highest BCUT2D eigenvalue weighted by Crippen LogP contribution is 2.44. The molecule has 49 heavy (non-hydrogen) atoms. The third-order valence-corrected chi connectivity index (χ3v) is 16.9. The van der Waals surface area contributed by atoms with Crippen LogP contribution in [0.25, 0.3) is 0 Å². The number of nitrogens with zero attached hydrogens (tertiary/aromatic N) is 6. The molecular weight excluding hydrogens is 617 g/mol. The second-order valence-electron chi connectivity index (χ2n) is 15.6. The maximum atomic E-state index is 2.55. The molecule has 0 spiro atoms. The first-order valence-electron chi connectivity index (χ1n) is 17.6. The summed E-state index contributed by atoms with van der Waals surface area (Å²) in [5.41, 5.74) is 16.0. The Bertz CT molecular complexity index is 1640. The van der Waals surface area contributed by atoms with Crippen molar-refractivity contribution in [2.75, 3.05) is 114 Å². The normalized spacial score (nSPS) is 14.9. The van der Waals surface area contributed by atoms with E-state index in [1.165, 1.54) is 83.1 Å². The van der Waals surface area contributed by atoms with Crippen LogP contribution in [-0.4, -0.2) is 92.6 Å². The second-order valence-corrected chi connectivity index (χ2v) is 19.3. The minimum absolute atomic E-state index is 0.298. The van der Waals surface area contributed by atoms with Gasteiger partial charge >= 0.3 is 0 Å². The van der Waals surface area contributed by atoms with Crippen molar-refractivity contribution in [1.29, 1.82) is 0 Å². The summed E-state index contributed by atoms with van der Waals surface area (Å²) in [6, 6.07) is 14.8. The van der Waals surface area contributed by atoms with Crippen LogP contribution in [0.4, 0.5) is 34.1 Å². The van der Waals surface area contributed by atoms with Gasteiger partial charge in [0, 0.05) is 119 Å². The van der Waals surface area contributed by atoms with Crippen molar-refractivity contribution in [3.63, 3.8) is 0 Å². The minimum Gasteiger partial charge on any atom is -0.378 e. The highest BCUT2D eigenvalue weighted by molar-refractivity contribution is 7.17. The molecule has 6 nitrogen and oxygen atoms in total. The van der Waals surface area contributed by atoms with Crippen LogP contribution < -0.4 is 45.0 Å². The van der Waals surface area contributed by atoms with Gasteiger partial charge < -0.3 is 29.4 Å². The smallest absolute Gasteiger partial charge is 0.177 e. The largest absolute Gasteiger partial charge is 0.378 e. The van der Waals surface area contributed by atoms with Crippen LogP contribution in [0.2, 0.25) is 0 Å². The highest BCUT2D eigenvalue weighted by Gasteiger charge is 2.51. The molecule has 0 N–H and O–H groups in total. The standard InChI is InChI=1S/C42H64N6Si/c1-26-27(2)29(4)42(28(26)3)49(39-23-33(43(8)9)20-36(30(39)5)46(14)15,40-24-34(44(10)11)21-37(31(40)6)47(16)17)41-25-35(45(12)13)22-38(32(41)7)48(18)19/h20-25,28H,1-19H3. The molecule has 3 aromatic rings. The number of benzene rings is 3. The van der Waals surface area contributed by atoms with Crippen LogP contribution in [0.1, 0.15) is 44.4 Å². The van der Waals surface area contributed by atoms with E-state index in [4.69, 9.17) is 0 Å². The predicted octanol–water partition coefficient (Wildman–Crippen LogP) is 6.32. The van der Waals surface area contributed by atoms with Gasteiger partial charge in [0.1, 0.15) is 0 Å². The van der Waals surface area contributed by atoms with Crippen molar-refractivity contribution < 1.29 is 0 Å². The van der Waals surface area contributed by atoms with Crippen LogP contribution >= 0.6 is 0 Å². The molecular formula is C42H64N6Si. The van der Waals surface area contributed by atoms with E-state index in [9.17, 15) is 0 Å². The molecule has 0 heterocycles. The third kappa shape index (κ3) is 6.24. The number of hydrogen-bond donors (Lipinski definition) is 0. The second kappa shape index (κ2) is 13.8. The van der Waals surface area contributed by atoms with Crippen LogP contribution in [0.15, 0.2) is 58.3 Å². The van der Waals surface area contributed by atoms with Crippen LogP contribution in [0.3, 0.4) is 0 Å². The van der Waals surface area contributed by atoms with E-state index in [2.05, 4.69) is 199 Å². The summed E-state index contributed by atoms with van der Waals surface area (Å²) in [4.78, 5) is 13.8. The first-order chi connectivity index (χ1) is 22.7. The zero-order chi connectivity index (χ0) is 37.0. The van der Waals surface area contributed by atoms with E-state index < -0.39 is 8.07 Å². The van der Waals surface area contributed by atoms with Crippen molar-refractivity contribution >= 4 is 57.8 Å². The van der Waals surface area contributed by atoms with Crippen LogP contribution in [0, 0.1) is 26.7 Å². The molecule has 0 bridgehead atoms. The molecule has 0 aromatic heterocycles. The summed E-state index contributed by atoms with van der Waals surface area (Å²) in [5.74, 6) is 0.298. The van der Waals surface area contributed by atoms with Crippen molar-refractivity contribution in [2.24, 2.45) is 5.92 Å². The Hall–Kier alpha value is -3.84. The maximum absolute atomic E-state index is 3.12. The zero-order valence-electron chi connectivity index (χ0n) is 34.2. The fourth-order valence-corrected chi connectivity index (χ4v) is 14.8. The monoisotopic (exact) mass is 680 g/mol. The van der Waals surface area contributed by atoms with E-state index in [1.807, 2.05) is 0 Å². The van der Waals surface area contributed by atoms with E-state index in [1.54, 1.807) is 5.20 Å². The fourth-order valence-electron chi connectivity index (χ4n) is 8.23. The Morgan fingerprint density at radius 2 is 0.694 bits per heavy atom. The van der Waals surface area contributed by atoms with Gasteiger partial charge in [0.2, 0.25) is 0 Å². The Balaban J connectivity index is 2.55. The van der Waals surface area contributed by atoms with E-state index >= 15 is 0 Å². The molecule has 4 rings (SSSR count). The molecule has 0 amide bonds. The van der Waals surface area contributed by atoms with Crippen molar-refractivity contribution in [1.82, 2.24) is 0 Å². The number of anilines is 6. The molecule has 7 heteroatoms. The Morgan fingerprint density at radius 1 is 0.408 bits per heavy atom. The molecule has 0 fully saturated rings. The molecule has 0 saturated heterocycles. The molecule has 1 aliphatic rings. The lowest BCUT2D eigenvalue weighted by molar-refractivity contribution is 0.851. The predicted molar refractivity (Wildman–Crippen MR) is 224 cm³/mol. The van der Waals surface area contributed by atoms with Crippen molar-refractivity contribution in [3.05, 3.63) is 75.0 Å². The van der Waals surface area contributed by atoms with E-state index in [0.29, 0.717) is 5.92 Å². The summed E-state index contributed by atoms with van der Waals surface area (Å²) in [6.07, 6.45) is 0. The zero-order valence-corrected chi connectivity index (χ0v) is 35.2. The van der Waals surface area contributed by atoms with Gasteiger partial charge in [0.25, 0.3) is 0 Å². The summed E-state index contributed by atoms with van der Waals surface area (Å²) in [6.45, 7) is 16.7. The Labute approximate surface area is 300 Å². The van der Waals surface area contributed by atoms with E-state index in [-0.39, 0.29) is 0 Å². The van der Waals surface area contributed by atoms with Crippen molar-refractivity contribution in [3.8, 4) is 0 Å². The van der Waals surface area contributed by atoms with Gasteiger partial charge in [-0.3, -0.25) is 0 Å². The van der Waals surface area contributed by atoms with Crippen molar-refractivity contribution in [2.45, 2.75) is 48.5 Å². The van der Waals surface area contributed by atoms with Gasteiger partial charge in [0.15, 0.2) is 8.07 Å². The van der Waals surface area contributed by atoms with Gasteiger partial charge in [-0.25, -0.2) is 0 Å². The molecule has 3 aromatic carbocycles. The summed E-state index contributed by atoms with van der Waals surface area (Å²) < 4.78 is 0. The minimum atomic E-state index is -3.12.